The largest absolute Gasteiger partial charge is 0.497 e. The molecule has 1 atom stereocenters. The number of methoxy groups -OCH3 is 1. The summed E-state index contributed by atoms with van der Waals surface area (Å²) in [7, 11) is 3.33. The van der Waals surface area contributed by atoms with Crippen LogP contribution in [0.2, 0.25) is 0 Å². The molecular weight excluding hydrogens is 272 g/mol. The molecule has 0 bridgehead atoms. The first-order valence-electron chi connectivity index (χ1n) is 6.96. The molecule has 6 heteroatoms. The summed E-state index contributed by atoms with van der Waals surface area (Å²) in [6.45, 7) is 3.24. The van der Waals surface area contributed by atoms with Crippen molar-refractivity contribution in [1.29, 1.82) is 0 Å². The molecule has 1 amide bonds. The third kappa shape index (κ3) is 6.46. The Hall–Kier alpha value is -1.79. The van der Waals surface area contributed by atoms with E-state index in [1.807, 2.05) is 19.1 Å². The monoisotopic (exact) mass is 296 g/mol. The van der Waals surface area contributed by atoms with Crippen LogP contribution in [0.1, 0.15) is 6.92 Å². The Balaban J connectivity index is 2.24. The van der Waals surface area contributed by atoms with Gasteiger partial charge in [-0.3, -0.25) is 4.79 Å². The van der Waals surface area contributed by atoms with Crippen LogP contribution in [0.15, 0.2) is 24.3 Å². The average Bonchev–Trinajstić information content (AvgIpc) is 2.52. The molecule has 0 aliphatic rings. The predicted molar refractivity (Wildman–Crippen MR) is 80.7 cm³/mol. The minimum atomic E-state index is -0.684. The molecule has 1 aromatic rings. The fourth-order valence-electron chi connectivity index (χ4n) is 1.60. The summed E-state index contributed by atoms with van der Waals surface area (Å²) in [6, 6.07) is 7.18. The first kappa shape index (κ1) is 17.3. The normalized spacial score (nSPS) is 11.8. The molecule has 118 valence electrons. The number of benzene rings is 1. The molecular formula is C15H24N2O4. The number of amides is 1. The molecule has 0 spiro atoms. The summed E-state index contributed by atoms with van der Waals surface area (Å²) < 4.78 is 10.6. The quantitative estimate of drug-likeness (QED) is 0.694. The molecule has 21 heavy (non-hydrogen) atoms. The Morgan fingerprint density at radius 3 is 2.81 bits per heavy atom. The van der Waals surface area contributed by atoms with Crippen molar-refractivity contribution in [1.82, 2.24) is 10.2 Å². The third-order valence-electron chi connectivity index (χ3n) is 3.04. The highest BCUT2D eigenvalue weighted by atomic mass is 16.5. The highest BCUT2D eigenvalue weighted by Crippen LogP contribution is 2.18. The van der Waals surface area contributed by atoms with E-state index in [-0.39, 0.29) is 19.1 Å². The van der Waals surface area contributed by atoms with Gasteiger partial charge >= 0.3 is 0 Å². The van der Waals surface area contributed by atoms with Crippen LogP contribution in [0, 0.1) is 0 Å². The Morgan fingerprint density at radius 2 is 2.14 bits per heavy atom. The van der Waals surface area contributed by atoms with Crippen molar-refractivity contribution in [2.75, 3.05) is 40.4 Å². The molecule has 0 fully saturated rings. The SMILES string of the molecule is CCN(C)C(=O)CNCC(O)COc1cccc(OC)c1. The number of hydrogen-bond donors (Lipinski definition) is 2. The van der Waals surface area contributed by atoms with Crippen LogP contribution in [0.5, 0.6) is 11.5 Å². The van der Waals surface area contributed by atoms with Gasteiger partial charge in [0, 0.05) is 26.2 Å². The number of aliphatic hydroxyl groups excluding tert-OH is 1. The van der Waals surface area contributed by atoms with Crippen LogP contribution in [0.3, 0.4) is 0 Å². The maximum atomic E-state index is 11.5. The summed E-state index contributed by atoms with van der Waals surface area (Å²) in [6.07, 6.45) is -0.684. The highest BCUT2D eigenvalue weighted by molar-refractivity contribution is 5.77. The van der Waals surface area contributed by atoms with Crippen molar-refractivity contribution in [2.45, 2.75) is 13.0 Å². The van der Waals surface area contributed by atoms with E-state index in [9.17, 15) is 9.90 Å². The average molecular weight is 296 g/mol. The third-order valence-corrected chi connectivity index (χ3v) is 3.04. The highest BCUT2D eigenvalue weighted by Gasteiger charge is 2.09. The molecule has 0 heterocycles. The number of aliphatic hydroxyl groups is 1. The van der Waals surface area contributed by atoms with Gasteiger partial charge in [0.15, 0.2) is 0 Å². The van der Waals surface area contributed by atoms with E-state index in [1.165, 1.54) is 0 Å². The molecule has 0 aromatic heterocycles. The zero-order valence-corrected chi connectivity index (χ0v) is 12.8. The number of likely N-dealkylation sites (N-methyl/N-ethyl adjacent to an activating group) is 1. The zero-order valence-electron chi connectivity index (χ0n) is 12.8. The van der Waals surface area contributed by atoms with Gasteiger partial charge in [-0.2, -0.15) is 0 Å². The number of rotatable bonds is 9. The topological polar surface area (TPSA) is 71.0 Å². The number of hydrogen-bond acceptors (Lipinski definition) is 5. The number of carbonyl (C=O) groups is 1. The van der Waals surface area contributed by atoms with E-state index in [0.29, 0.717) is 24.6 Å². The standard InChI is InChI=1S/C15H24N2O4/c1-4-17(2)15(19)10-16-9-12(18)11-21-14-7-5-6-13(8-14)20-3/h5-8,12,16,18H,4,9-11H2,1-3H3. The van der Waals surface area contributed by atoms with Gasteiger partial charge in [0.1, 0.15) is 24.2 Å². The molecule has 0 radical (unpaired) electrons. The molecule has 0 aliphatic carbocycles. The zero-order chi connectivity index (χ0) is 15.7. The minimum absolute atomic E-state index is 0.00147. The van der Waals surface area contributed by atoms with Crippen LogP contribution in [0.4, 0.5) is 0 Å². The summed E-state index contributed by atoms with van der Waals surface area (Å²) in [5.74, 6) is 1.34. The van der Waals surface area contributed by atoms with Crippen molar-refractivity contribution < 1.29 is 19.4 Å². The molecule has 0 saturated carbocycles. The fourth-order valence-corrected chi connectivity index (χ4v) is 1.60. The number of carbonyl (C=O) groups excluding carboxylic acids is 1. The van der Waals surface area contributed by atoms with Gasteiger partial charge in [-0.1, -0.05) is 6.07 Å². The Labute approximate surface area is 125 Å². The number of ether oxygens (including phenoxy) is 2. The molecule has 1 unspecified atom stereocenters. The van der Waals surface area contributed by atoms with Gasteiger partial charge in [-0.15, -0.1) is 0 Å². The Bertz CT molecular complexity index is 439. The van der Waals surface area contributed by atoms with E-state index in [4.69, 9.17) is 9.47 Å². The lowest BCUT2D eigenvalue weighted by Crippen LogP contribution is -2.39. The summed E-state index contributed by atoms with van der Waals surface area (Å²) in [5, 5.41) is 12.7. The second kappa shape index (κ2) is 9.20. The molecule has 2 N–H and O–H groups in total. The van der Waals surface area contributed by atoms with Gasteiger partial charge in [-0.05, 0) is 19.1 Å². The Kier molecular flexibility index (Phi) is 7.56. The first-order valence-corrected chi connectivity index (χ1v) is 6.96. The minimum Gasteiger partial charge on any atom is -0.497 e. The van der Waals surface area contributed by atoms with Crippen molar-refractivity contribution in [2.24, 2.45) is 0 Å². The van der Waals surface area contributed by atoms with E-state index >= 15 is 0 Å². The van der Waals surface area contributed by atoms with Crippen LogP contribution >= 0.6 is 0 Å². The second-order valence-electron chi connectivity index (χ2n) is 4.68. The Morgan fingerprint density at radius 1 is 1.43 bits per heavy atom. The van der Waals surface area contributed by atoms with E-state index in [0.717, 1.165) is 0 Å². The van der Waals surface area contributed by atoms with Gasteiger partial charge < -0.3 is 24.8 Å². The van der Waals surface area contributed by atoms with Crippen LogP contribution < -0.4 is 14.8 Å². The summed E-state index contributed by atoms with van der Waals surface area (Å²) in [5.41, 5.74) is 0. The van der Waals surface area contributed by atoms with Crippen LogP contribution in [0.25, 0.3) is 0 Å². The van der Waals surface area contributed by atoms with E-state index in [2.05, 4.69) is 5.32 Å². The maximum Gasteiger partial charge on any atom is 0.236 e. The molecule has 0 aliphatic heterocycles. The molecule has 1 rings (SSSR count). The number of nitrogens with one attached hydrogen (secondary N) is 1. The van der Waals surface area contributed by atoms with Gasteiger partial charge in [0.2, 0.25) is 5.91 Å². The predicted octanol–water partition coefficient (Wildman–Crippen LogP) is 0.503. The summed E-state index contributed by atoms with van der Waals surface area (Å²) >= 11 is 0. The van der Waals surface area contributed by atoms with E-state index in [1.54, 1.807) is 31.2 Å². The maximum absolute atomic E-state index is 11.5. The summed E-state index contributed by atoms with van der Waals surface area (Å²) in [4.78, 5) is 13.2. The molecule has 6 nitrogen and oxygen atoms in total. The lowest BCUT2D eigenvalue weighted by atomic mass is 10.3. The lowest BCUT2D eigenvalue weighted by molar-refractivity contribution is -0.128. The van der Waals surface area contributed by atoms with Crippen molar-refractivity contribution in [3.05, 3.63) is 24.3 Å². The van der Waals surface area contributed by atoms with Crippen molar-refractivity contribution in [3.63, 3.8) is 0 Å². The van der Waals surface area contributed by atoms with Crippen molar-refractivity contribution >= 4 is 5.91 Å². The fraction of sp³-hybridized carbons (Fsp3) is 0.533. The smallest absolute Gasteiger partial charge is 0.236 e. The number of nitrogens with zero attached hydrogens (tertiary/aromatic N) is 1. The van der Waals surface area contributed by atoms with Crippen LogP contribution in [-0.2, 0) is 4.79 Å². The van der Waals surface area contributed by atoms with Gasteiger partial charge in [-0.25, -0.2) is 0 Å². The molecule has 0 saturated heterocycles. The van der Waals surface area contributed by atoms with Crippen molar-refractivity contribution in [3.8, 4) is 11.5 Å². The van der Waals surface area contributed by atoms with Gasteiger partial charge in [0.05, 0.1) is 13.7 Å². The van der Waals surface area contributed by atoms with E-state index < -0.39 is 6.10 Å². The lowest BCUT2D eigenvalue weighted by Gasteiger charge is -2.16. The van der Waals surface area contributed by atoms with Gasteiger partial charge in [0.25, 0.3) is 0 Å². The second-order valence-corrected chi connectivity index (χ2v) is 4.68. The first-order chi connectivity index (χ1) is 10.1. The molecule has 1 aromatic carbocycles. The van der Waals surface area contributed by atoms with Crippen LogP contribution in [-0.4, -0.2) is 62.4 Å².